The number of thioether (sulfide) groups is 1. The van der Waals surface area contributed by atoms with E-state index in [4.69, 9.17) is 10.8 Å². The monoisotopic (exact) mass is 311 g/mol. The van der Waals surface area contributed by atoms with Crippen molar-refractivity contribution in [2.45, 2.75) is 52.0 Å². The number of nitrogen functional groups attached to an aromatic ring is 1. The Bertz CT molecular complexity index is 452. The number of aromatic nitrogens is 2. The van der Waals surface area contributed by atoms with E-state index < -0.39 is 0 Å². The first-order chi connectivity index (χ1) is 9.83. The fraction of sp³-hybridized carbons (Fsp3) is 0.733. The van der Waals surface area contributed by atoms with Gasteiger partial charge in [0.2, 0.25) is 0 Å². The molecule has 0 bridgehead atoms. The van der Waals surface area contributed by atoms with Gasteiger partial charge in [-0.15, -0.1) is 11.8 Å². The van der Waals surface area contributed by atoms with Crippen molar-refractivity contribution in [1.29, 1.82) is 0 Å². The maximum Gasteiger partial charge on any atom is 0.147 e. The molecule has 0 aromatic carbocycles. The van der Waals surface area contributed by atoms with E-state index in [-0.39, 0.29) is 5.41 Å². The summed E-state index contributed by atoms with van der Waals surface area (Å²) in [6, 6.07) is 0. The average molecular weight is 311 g/mol. The minimum absolute atomic E-state index is 0.0898. The smallest absolute Gasteiger partial charge is 0.147 e. The van der Waals surface area contributed by atoms with Crippen LogP contribution in [0.4, 0.5) is 5.82 Å². The third-order valence-electron chi connectivity index (χ3n) is 3.45. The summed E-state index contributed by atoms with van der Waals surface area (Å²) in [6.45, 7) is 16.0. The molecule has 1 aromatic heterocycles. The van der Waals surface area contributed by atoms with Gasteiger partial charge in [0.25, 0.3) is 0 Å². The summed E-state index contributed by atoms with van der Waals surface area (Å²) >= 11 is 1.78. The maximum atomic E-state index is 5.59. The topological polar surface area (TPSA) is 67.1 Å². The highest BCUT2D eigenvalue weighted by atomic mass is 32.2. The summed E-state index contributed by atoms with van der Waals surface area (Å²) < 4.78 is 0. The summed E-state index contributed by atoms with van der Waals surface area (Å²) in [7, 11) is 0. The molecule has 1 rings (SSSR count). The predicted molar refractivity (Wildman–Crippen MR) is 91.8 cm³/mol. The molecule has 3 N–H and O–H groups in total. The molecule has 0 radical (unpaired) electrons. The molecule has 1 aromatic rings. The Hall–Kier alpha value is -0.850. The van der Waals surface area contributed by atoms with Gasteiger partial charge in [0.05, 0.1) is 0 Å². The molecular formula is C15H29N5S. The van der Waals surface area contributed by atoms with Crippen LogP contribution in [0.3, 0.4) is 0 Å². The summed E-state index contributed by atoms with van der Waals surface area (Å²) in [5.74, 6) is 8.16. The second-order valence-corrected chi connectivity index (χ2v) is 7.18. The van der Waals surface area contributed by atoms with Crippen LogP contribution in [0.15, 0.2) is 5.03 Å². The third-order valence-corrected chi connectivity index (χ3v) is 4.51. The number of hydrogen-bond acceptors (Lipinski definition) is 6. The number of nitrogens with zero attached hydrogens (tertiary/aromatic N) is 3. The molecule has 0 saturated heterocycles. The molecule has 0 aliphatic rings. The summed E-state index contributed by atoms with van der Waals surface area (Å²) in [6.07, 6.45) is 0. The van der Waals surface area contributed by atoms with Gasteiger partial charge in [-0.05, 0) is 20.0 Å². The quantitative estimate of drug-likeness (QED) is 0.349. The summed E-state index contributed by atoms with van der Waals surface area (Å²) in [5, 5.41) is 1.02. The lowest BCUT2D eigenvalue weighted by Gasteiger charge is -2.21. The Morgan fingerprint density at radius 3 is 2.29 bits per heavy atom. The van der Waals surface area contributed by atoms with Gasteiger partial charge in [-0.25, -0.2) is 15.8 Å². The van der Waals surface area contributed by atoms with E-state index in [1.54, 1.807) is 11.8 Å². The Kier molecular flexibility index (Phi) is 6.90. The molecule has 0 spiro atoms. The lowest BCUT2D eigenvalue weighted by Crippen LogP contribution is -2.25. The summed E-state index contributed by atoms with van der Waals surface area (Å²) in [5.41, 5.74) is 3.63. The first-order valence-electron chi connectivity index (χ1n) is 7.54. The fourth-order valence-electron chi connectivity index (χ4n) is 1.92. The van der Waals surface area contributed by atoms with Gasteiger partial charge in [0.15, 0.2) is 0 Å². The number of anilines is 1. The van der Waals surface area contributed by atoms with Crippen molar-refractivity contribution in [2.24, 2.45) is 5.84 Å². The molecule has 6 heteroatoms. The second kappa shape index (κ2) is 7.96. The Balaban J connectivity index is 2.90. The SMILES string of the molecule is CCN(CC)CCSc1nc(C(C)(C)C)nc(NN)c1C. The largest absolute Gasteiger partial charge is 0.308 e. The minimum atomic E-state index is -0.0898. The zero-order valence-electron chi connectivity index (χ0n) is 14.2. The van der Waals surface area contributed by atoms with E-state index in [1.807, 2.05) is 6.92 Å². The molecule has 1 heterocycles. The van der Waals surface area contributed by atoms with Gasteiger partial charge in [0, 0.05) is 23.3 Å². The predicted octanol–water partition coefficient (Wildman–Crippen LogP) is 2.80. The highest BCUT2D eigenvalue weighted by molar-refractivity contribution is 7.99. The average Bonchev–Trinajstić information content (AvgIpc) is 2.44. The first-order valence-corrected chi connectivity index (χ1v) is 8.52. The number of hydrogen-bond donors (Lipinski definition) is 2. The molecule has 0 atom stereocenters. The molecule has 0 amide bonds. The second-order valence-electron chi connectivity index (χ2n) is 6.10. The Labute approximate surface area is 133 Å². The zero-order valence-corrected chi connectivity index (χ0v) is 15.0. The zero-order chi connectivity index (χ0) is 16.0. The summed E-state index contributed by atoms with van der Waals surface area (Å²) in [4.78, 5) is 11.7. The maximum absolute atomic E-state index is 5.59. The van der Waals surface area contributed by atoms with Crippen LogP contribution in [-0.2, 0) is 5.41 Å². The molecule has 120 valence electrons. The standard InChI is InChI=1S/C15H29N5S/c1-7-20(8-2)9-10-21-13-11(3)12(19-16)17-14(18-13)15(4,5)6/h7-10,16H2,1-6H3,(H,17,18,19). The van der Waals surface area contributed by atoms with Crippen molar-refractivity contribution >= 4 is 17.6 Å². The van der Waals surface area contributed by atoms with Crippen molar-refractivity contribution in [2.75, 3.05) is 30.8 Å². The van der Waals surface area contributed by atoms with Crippen LogP contribution in [0.1, 0.15) is 46.0 Å². The van der Waals surface area contributed by atoms with Crippen molar-refractivity contribution < 1.29 is 0 Å². The van der Waals surface area contributed by atoms with Gasteiger partial charge in [-0.3, -0.25) is 0 Å². The normalized spacial score (nSPS) is 12.0. The van der Waals surface area contributed by atoms with E-state index in [2.05, 4.69) is 49.9 Å². The number of nitrogens with one attached hydrogen (secondary N) is 1. The van der Waals surface area contributed by atoms with E-state index in [1.165, 1.54) is 0 Å². The highest BCUT2D eigenvalue weighted by Gasteiger charge is 2.21. The van der Waals surface area contributed by atoms with E-state index in [0.717, 1.165) is 47.6 Å². The number of rotatable bonds is 7. The highest BCUT2D eigenvalue weighted by Crippen LogP contribution is 2.28. The minimum Gasteiger partial charge on any atom is -0.308 e. The van der Waals surface area contributed by atoms with Crippen LogP contribution in [0.25, 0.3) is 0 Å². The van der Waals surface area contributed by atoms with Crippen LogP contribution in [0.5, 0.6) is 0 Å². The Morgan fingerprint density at radius 1 is 1.19 bits per heavy atom. The van der Waals surface area contributed by atoms with Crippen molar-refractivity contribution in [3.8, 4) is 0 Å². The van der Waals surface area contributed by atoms with Gasteiger partial charge in [-0.2, -0.15) is 0 Å². The molecule has 0 fully saturated rings. The van der Waals surface area contributed by atoms with Crippen LogP contribution in [-0.4, -0.2) is 40.3 Å². The van der Waals surface area contributed by atoms with Crippen LogP contribution >= 0.6 is 11.8 Å². The third kappa shape index (κ3) is 5.13. The molecular weight excluding hydrogens is 282 g/mol. The molecule has 5 nitrogen and oxygen atoms in total. The van der Waals surface area contributed by atoms with Gasteiger partial charge in [0.1, 0.15) is 16.7 Å². The Morgan fingerprint density at radius 2 is 1.81 bits per heavy atom. The van der Waals surface area contributed by atoms with E-state index >= 15 is 0 Å². The lowest BCUT2D eigenvalue weighted by atomic mass is 9.95. The number of nitrogens with two attached hydrogens (primary N) is 1. The van der Waals surface area contributed by atoms with Gasteiger partial charge in [-0.1, -0.05) is 34.6 Å². The van der Waals surface area contributed by atoms with E-state index in [9.17, 15) is 0 Å². The molecule has 0 saturated carbocycles. The van der Waals surface area contributed by atoms with E-state index in [0.29, 0.717) is 0 Å². The first kappa shape index (κ1) is 18.2. The molecule has 0 aliphatic heterocycles. The van der Waals surface area contributed by atoms with Crippen LogP contribution in [0, 0.1) is 6.92 Å². The van der Waals surface area contributed by atoms with Crippen LogP contribution in [0.2, 0.25) is 0 Å². The van der Waals surface area contributed by atoms with Crippen LogP contribution < -0.4 is 11.3 Å². The van der Waals surface area contributed by atoms with Gasteiger partial charge >= 0.3 is 0 Å². The van der Waals surface area contributed by atoms with Gasteiger partial charge < -0.3 is 10.3 Å². The van der Waals surface area contributed by atoms with Crippen molar-refractivity contribution in [3.05, 3.63) is 11.4 Å². The number of hydrazine groups is 1. The molecule has 21 heavy (non-hydrogen) atoms. The molecule has 0 unspecified atom stereocenters. The van der Waals surface area contributed by atoms with Crippen molar-refractivity contribution in [3.63, 3.8) is 0 Å². The van der Waals surface area contributed by atoms with Crippen molar-refractivity contribution in [1.82, 2.24) is 14.9 Å². The fourth-order valence-corrected chi connectivity index (χ4v) is 2.93. The lowest BCUT2D eigenvalue weighted by molar-refractivity contribution is 0.324. The molecule has 0 aliphatic carbocycles.